The molecular weight excluding hydrogens is 290 g/mol. The molecule has 23 heavy (non-hydrogen) atoms. The van der Waals surface area contributed by atoms with Crippen molar-refractivity contribution in [3.63, 3.8) is 0 Å². The molecule has 0 aromatic carbocycles. The van der Waals surface area contributed by atoms with E-state index in [9.17, 15) is 0 Å². The summed E-state index contributed by atoms with van der Waals surface area (Å²) in [6, 6.07) is 3.88. The maximum Gasteiger partial charge on any atom is 0.235 e. The van der Waals surface area contributed by atoms with E-state index in [-0.39, 0.29) is 0 Å². The number of aromatic nitrogens is 7. The van der Waals surface area contributed by atoms with Gasteiger partial charge in [-0.1, -0.05) is 13.8 Å². The second-order valence-corrected chi connectivity index (χ2v) is 5.53. The minimum absolute atomic E-state index is 0.368. The number of nitrogens with zero attached hydrogens (tertiary/aromatic N) is 7. The lowest BCUT2D eigenvalue weighted by molar-refractivity contribution is 0.817. The molecule has 0 unspecified atom stereocenters. The maximum absolute atomic E-state index is 4.59. The van der Waals surface area contributed by atoms with Crippen molar-refractivity contribution < 1.29 is 0 Å². The molecule has 0 saturated heterocycles. The van der Waals surface area contributed by atoms with Crippen LogP contribution in [0.3, 0.4) is 0 Å². The highest BCUT2D eigenvalue weighted by atomic mass is 15.2. The molecule has 0 spiro atoms. The highest BCUT2D eigenvalue weighted by Gasteiger charge is 2.11. The van der Waals surface area contributed by atoms with Gasteiger partial charge >= 0.3 is 0 Å². The van der Waals surface area contributed by atoms with E-state index < -0.39 is 0 Å². The first-order valence-corrected chi connectivity index (χ1v) is 7.38. The molecule has 4 heterocycles. The van der Waals surface area contributed by atoms with E-state index in [1.807, 2.05) is 28.9 Å². The molecule has 0 N–H and O–H groups in total. The molecule has 0 bridgehead atoms. The summed E-state index contributed by atoms with van der Waals surface area (Å²) in [6.45, 7) is 4.23. The lowest BCUT2D eigenvalue weighted by Gasteiger charge is -2.06. The fourth-order valence-electron chi connectivity index (χ4n) is 2.39. The van der Waals surface area contributed by atoms with Gasteiger partial charge in [0.1, 0.15) is 6.33 Å². The van der Waals surface area contributed by atoms with E-state index in [1.54, 1.807) is 29.5 Å². The van der Waals surface area contributed by atoms with Crippen LogP contribution in [0.1, 0.15) is 25.5 Å². The van der Waals surface area contributed by atoms with Gasteiger partial charge in [-0.15, -0.1) is 0 Å². The predicted octanol–water partition coefficient (Wildman–Crippen LogP) is 2.50. The minimum Gasteiger partial charge on any atom is -0.282 e. The highest BCUT2D eigenvalue weighted by molar-refractivity contribution is 5.58. The van der Waals surface area contributed by atoms with Gasteiger partial charge in [0, 0.05) is 30.5 Å². The molecule has 0 radical (unpaired) electrons. The third-order valence-corrected chi connectivity index (χ3v) is 3.63. The minimum atomic E-state index is 0.368. The van der Waals surface area contributed by atoms with Gasteiger partial charge in [-0.2, -0.15) is 0 Å². The van der Waals surface area contributed by atoms with Gasteiger partial charge in [0.15, 0.2) is 0 Å². The third-order valence-electron chi connectivity index (χ3n) is 3.63. The molecule has 0 saturated carbocycles. The fraction of sp³-hybridized carbons (Fsp3) is 0.188. The van der Waals surface area contributed by atoms with Crippen LogP contribution in [0.25, 0.3) is 23.1 Å². The smallest absolute Gasteiger partial charge is 0.235 e. The van der Waals surface area contributed by atoms with Crippen LogP contribution >= 0.6 is 0 Å². The largest absolute Gasteiger partial charge is 0.282 e. The van der Waals surface area contributed by atoms with Gasteiger partial charge in [-0.3, -0.25) is 8.97 Å². The van der Waals surface area contributed by atoms with Crippen molar-refractivity contribution >= 4 is 5.78 Å². The first-order chi connectivity index (χ1) is 11.2. The highest BCUT2D eigenvalue weighted by Crippen LogP contribution is 2.20. The lowest BCUT2D eigenvalue weighted by atomic mass is 10.1. The Hall–Kier alpha value is -3.09. The molecule has 7 heteroatoms. The molecule has 4 aromatic rings. The second-order valence-electron chi connectivity index (χ2n) is 5.53. The van der Waals surface area contributed by atoms with Crippen molar-refractivity contribution in [1.29, 1.82) is 0 Å². The van der Waals surface area contributed by atoms with Gasteiger partial charge in [0.2, 0.25) is 11.7 Å². The Bertz CT molecular complexity index is 954. The van der Waals surface area contributed by atoms with E-state index in [0.29, 0.717) is 17.6 Å². The Kier molecular flexibility index (Phi) is 3.11. The quantitative estimate of drug-likeness (QED) is 0.581. The molecule has 0 aliphatic heterocycles. The first-order valence-electron chi connectivity index (χ1n) is 7.38. The molecule has 4 aromatic heterocycles. The number of rotatable bonds is 3. The average Bonchev–Trinajstić information content (AvgIpc) is 3.24. The number of hydrogen-bond donors (Lipinski definition) is 0. The maximum atomic E-state index is 4.59. The predicted molar refractivity (Wildman–Crippen MR) is 85.2 cm³/mol. The summed E-state index contributed by atoms with van der Waals surface area (Å²) < 4.78 is 3.70. The molecule has 0 amide bonds. The lowest BCUT2D eigenvalue weighted by Crippen LogP contribution is -2.01. The average molecular weight is 305 g/mol. The summed E-state index contributed by atoms with van der Waals surface area (Å²) in [4.78, 5) is 21.9. The fourth-order valence-corrected chi connectivity index (χ4v) is 2.39. The summed E-state index contributed by atoms with van der Waals surface area (Å²) in [5.74, 6) is 1.61. The van der Waals surface area contributed by atoms with E-state index in [0.717, 1.165) is 17.1 Å². The Balaban J connectivity index is 1.82. The molecule has 0 aliphatic carbocycles. The second kappa shape index (κ2) is 5.28. The molecule has 0 aliphatic rings. The van der Waals surface area contributed by atoms with Crippen LogP contribution in [0.4, 0.5) is 0 Å². The number of imidazole rings is 2. The monoisotopic (exact) mass is 305 g/mol. The van der Waals surface area contributed by atoms with Crippen molar-refractivity contribution in [3.05, 3.63) is 55.1 Å². The van der Waals surface area contributed by atoms with Gasteiger partial charge in [0.25, 0.3) is 0 Å². The van der Waals surface area contributed by atoms with Crippen LogP contribution < -0.4 is 0 Å². The molecule has 4 rings (SSSR count). The van der Waals surface area contributed by atoms with E-state index in [1.165, 1.54) is 0 Å². The van der Waals surface area contributed by atoms with Crippen LogP contribution in [0.15, 0.2) is 49.4 Å². The van der Waals surface area contributed by atoms with E-state index in [2.05, 4.69) is 38.8 Å². The normalized spacial score (nSPS) is 11.4. The Labute approximate surface area is 132 Å². The van der Waals surface area contributed by atoms with Crippen LogP contribution in [-0.2, 0) is 0 Å². The van der Waals surface area contributed by atoms with Crippen LogP contribution in [0, 0.1) is 0 Å². The van der Waals surface area contributed by atoms with Crippen molar-refractivity contribution in [1.82, 2.24) is 33.9 Å². The zero-order valence-electron chi connectivity index (χ0n) is 12.8. The molecule has 7 nitrogen and oxygen atoms in total. The summed E-state index contributed by atoms with van der Waals surface area (Å²) in [7, 11) is 0. The molecule has 0 fully saturated rings. The van der Waals surface area contributed by atoms with E-state index >= 15 is 0 Å². The SMILES string of the molecule is CC(C)c1ccn2c(-c3ccnc(-n4ccnc4)n3)cnc2n1. The van der Waals surface area contributed by atoms with Crippen molar-refractivity contribution in [2.24, 2.45) is 0 Å². The Morgan fingerprint density at radius 2 is 1.91 bits per heavy atom. The van der Waals surface area contributed by atoms with Gasteiger partial charge in [-0.25, -0.2) is 24.9 Å². The third kappa shape index (κ3) is 2.36. The number of hydrogen-bond acceptors (Lipinski definition) is 5. The van der Waals surface area contributed by atoms with Gasteiger partial charge in [0.05, 0.1) is 17.6 Å². The standard InChI is InChI=1S/C16H15N7/c1-11(2)12-4-7-23-14(9-19-16(23)20-12)13-3-5-18-15(21-13)22-8-6-17-10-22/h3-11H,1-2H3. The number of fused-ring (bicyclic) bond motifs is 1. The summed E-state index contributed by atoms with van der Waals surface area (Å²) in [6.07, 6.45) is 10.7. The Morgan fingerprint density at radius 3 is 2.70 bits per heavy atom. The summed E-state index contributed by atoms with van der Waals surface area (Å²) in [5.41, 5.74) is 2.69. The zero-order chi connectivity index (χ0) is 15.8. The topological polar surface area (TPSA) is 73.8 Å². The van der Waals surface area contributed by atoms with Gasteiger partial charge < -0.3 is 0 Å². The molecule has 0 atom stereocenters. The van der Waals surface area contributed by atoms with Crippen molar-refractivity contribution in [2.45, 2.75) is 19.8 Å². The van der Waals surface area contributed by atoms with Crippen LogP contribution in [0.5, 0.6) is 0 Å². The van der Waals surface area contributed by atoms with Crippen LogP contribution in [-0.4, -0.2) is 33.9 Å². The summed E-state index contributed by atoms with van der Waals surface area (Å²) >= 11 is 0. The van der Waals surface area contributed by atoms with Gasteiger partial charge in [-0.05, 0) is 18.1 Å². The van der Waals surface area contributed by atoms with E-state index in [4.69, 9.17) is 0 Å². The summed E-state index contributed by atoms with van der Waals surface area (Å²) in [5, 5.41) is 0. The molecule has 114 valence electrons. The van der Waals surface area contributed by atoms with Crippen molar-refractivity contribution in [2.75, 3.05) is 0 Å². The molecular formula is C16H15N7. The Morgan fingerprint density at radius 1 is 1.00 bits per heavy atom. The van der Waals surface area contributed by atoms with Crippen LogP contribution in [0.2, 0.25) is 0 Å². The zero-order valence-corrected chi connectivity index (χ0v) is 12.8. The first kappa shape index (κ1) is 13.6. The van der Waals surface area contributed by atoms with Crippen molar-refractivity contribution in [3.8, 4) is 17.3 Å².